The molecular formula is C55H104O6. The summed E-state index contributed by atoms with van der Waals surface area (Å²) in [5.41, 5.74) is -2.76. The number of allylic oxidation sites excluding steroid dienone is 2. The topological polar surface area (TPSA) is 112 Å². The zero-order chi connectivity index (χ0) is 44.9. The Balaban J connectivity index is 4.96. The fourth-order valence-electron chi connectivity index (χ4n) is 8.90. The van der Waals surface area contributed by atoms with Crippen molar-refractivity contribution in [3.63, 3.8) is 0 Å². The van der Waals surface area contributed by atoms with E-state index in [-0.39, 0.29) is 25.0 Å². The van der Waals surface area contributed by atoms with Gasteiger partial charge >= 0.3 is 0 Å². The number of aliphatic hydroxyl groups excluding tert-OH is 2. The monoisotopic (exact) mass is 861 g/mol. The minimum Gasteiger partial charge on any atom is -0.394 e. The van der Waals surface area contributed by atoms with Crippen molar-refractivity contribution < 1.29 is 29.7 Å². The Morgan fingerprint density at radius 2 is 0.721 bits per heavy atom. The molecule has 61 heavy (non-hydrogen) atoms. The summed E-state index contributed by atoms with van der Waals surface area (Å²) in [6.45, 7) is 5.84. The molecule has 0 aliphatic heterocycles. The zero-order valence-electron chi connectivity index (χ0n) is 41.0. The molecule has 0 heterocycles. The average Bonchev–Trinajstić information content (AvgIpc) is 3.26. The highest BCUT2D eigenvalue weighted by molar-refractivity contribution is 6.17. The van der Waals surface area contributed by atoms with E-state index in [2.05, 4.69) is 32.9 Å². The summed E-state index contributed by atoms with van der Waals surface area (Å²) in [5, 5.41) is 32.4. The molecule has 3 N–H and O–H groups in total. The maximum atomic E-state index is 14.1. The van der Waals surface area contributed by atoms with E-state index in [0.717, 1.165) is 70.6 Å². The Kier molecular flexibility index (Phi) is 44.2. The van der Waals surface area contributed by atoms with Crippen LogP contribution >= 0.6 is 0 Å². The maximum absolute atomic E-state index is 14.1. The van der Waals surface area contributed by atoms with Gasteiger partial charge in [0.15, 0.2) is 11.6 Å². The highest BCUT2D eigenvalue weighted by atomic mass is 16.4. The second-order valence-corrected chi connectivity index (χ2v) is 19.0. The minimum absolute atomic E-state index is 0.0503. The standard InChI is InChI=1S/C55H104O6/c1-4-7-10-13-16-19-22-25-27-29-32-35-38-41-44-47-51(57)50(46-43-40-37-34-31-24-21-18-15-12-9-6-3)54(60)55(61,53(59)49-56)52(58)48-45-42-39-36-33-30-28-26-23-20-17-14-11-8-5-2/h25,27,50,53,56,59,61H,4-24,26,28-49H2,1-3H3. The number of Topliss-reactive ketones (excluding diaryl/α,β-unsaturated/α-hetero) is 3. The van der Waals surface area contributed by atoms with E-state index in [4.69, 9.17) is 0 Å². The number of hydrogen-bond acceptors (Lipinski definition) is 6. The first-order valence-corrected chi connectivity index (χ1v) is 27.1. The molecule has 0 saturated heterocycles. The molecule has 0 saturated carbocycles. The van der Waals surface area contributed by atoms with Gasteiger partial charge in [-0.3, -0.25) is 14.4 Å². The molecule has 0 aromatic carbocycles. The molecule has 0 fully saturated rings. The van der Waals surface area contributed by atoms with Crippen molar-refractivity contribution in [3.8, 4) is 0 Å². The first kappa shape index (κ1) is 59.6. The molecule has 0 aliphatic rings. The van der Waals surface area contributed by atoms with Crippen molar-refractivity contribution in [1.82, 2.24) is 0 Å². The number of unbranched alkanes of at least 4 members (excludes halogenated alkanes) is 36. The van der Waals surface area contributed by atoms with E-state index in [0.29, 0.717) is 19.3 Å². The van der Waals surface area contributed by atoms with Gasteiger partial charge in [-0.15, -0.1) is 0 Å². The second kappa shape index (κ2) is 45.2. The largest absolute Gasteiger partial charge is 0.394 e. The van der Waals surface area contributed by atoms with Crippen molar-refractivity contribution in [2.45, 2.75) is 309 Å². The predicted octanol–water partition coefficient (Wildman–Crippen LogP) is 15.8. The molecule has 0 bridgehead atoms. The maximum Gasteiger partial charge on any atom is 0.210 e. The van der Waals surface area contributed by atoms with Gasteiger partial charge in [0.05, 0.1) is 12.5 Å². The van der Waals surface area contributed by atoms with Gasteiger partial charge in [0.2, 0.25) is 5.60 Å². The molecule has 0 amide bonds. The van der Waals surface area contributed by atoms with Crippen LogP contribution in [0.2, 0.25) is 0 Å². The fraction of sp³-hybridized carbons (Fsp3) is 0.909. The molecule has 0 aliphatic carbocycles. The number of hydrogen-bond donors (Lipinski definition) is 3. The Hall–Kier alpha value is -1.37. The highest BCUT2D eigenvalue weighted by Gasteiger charge is 2.52. The van der Waals surface area contributed by atoms with Crippen molar-refractivity contribution in [3.05, 3.63) is 12.2 Å². The van der Waals surface area contributed by atoms with Crippen molar-refractivity contribution in [1.29, 1.82) is 0 Å². The Morgan fingerprint density at radius 3 is 1.07 bits per heavy atom. The Labute approximate surface area is 379 Å². The van der Waals surface area contributed by atoms with E-state index >= 15 is 0 Å². The van der Waals surface area contributed by atoms with Crippen LogP contribution < -0.4 is 0 Å². The van der Waals surface area contributed by atoms with Gasteiger partial charge in [0.25, 0.3) is 0 Å². The number of rotatable bonds is 50. The molecular weight excluding hydrogens is 757 g/mol. The molecule has 3 atom stereocenters. The number of carbonyl (C=O) groups excluding carboxylic acids is 3. The van der Waals surface area contributed by atoms with Gasteiger partial charge in [0, 0.05) is 12.8 Å². The van der Waals surface area contributed by atoms with Crippen molar-refractivity contribution in [2.24, 2.45) is 5.92 Å². The lowest BCUT2D eigenvalue weighted by Crippen LogP contribution is -2.60. The highest BCUT2D eigenvalue weighted by Crippen LogP contribution is 2.28. The summed E-state index contributed by atoms with van der Waals surface area (Å²) in [6, 6.07) is 0. The predicted molar refractivity (Wildman–Crippen MR) is 261 cm³/mol. The number of aliphatic hydroxyl groups is 3. The molecule has 3 unspecified atom stereocenters. The second-order valence-electron chi connectivity index (χ2n) is 19.0. The molecule has 360 valence electrons. The van der Waals surface area contributed by atoms with E-state index in [1.54, 1.807) is 0 Å². The summed E-state index contributed by atoms with van der Waals surface area (Å²) in [7, 11) is 0. The molecule has 6 nitrogen and oxygen atoms in total. The normalized spacial score (nSPS) is 13.8. The summed E-state index contributed by atoms with van der Waals surface area (Å²) in [6.07, 6.45) is 50.0. The van der Waals surface area contributed by atoms with Gasteiger partial charge in [-0.05, 0) is 44.9 Å². The first-order chi connectivity index (χ1) is 29.8. The minimum atomic E-state index is -2.76. The van der Waals surface area contributed by atoms with Crippen LogP contribution in [0.4, 0.5) is 0 Å². The third-order valence-corrected chi connectivity index (χ3v) is 13.2. The van der Waals surface area contributed by atoms with E-state index < -0.39 is 35.8 Å². The van der Waals surface area contributed by atoms with Crippen LogP contribution in [0.5, 0.6) is 0 Å². The fourth-order valence-corrected chi connectivity index (χ4v) is 8.90. The molecule has 0 rings (SSSR count). The summed E-state index contributed by atoms with van der Waals surface area (Å²) < 4.78 is 0. The van der Waals surface area contributed by atoms with E-state index in [1.165, 1.54) is 167 Å². The lowest BCUT2D eigenvalue weighted by atomic mass is 9.76. The molecule has 6 heteroatoms. The van der Waals surface area contributed by atoms with Gasteiger partial charge < -0.3 is 15.3 Å². The van der Waals surface area contributed by atoms with Crippen LogP contribution in [0.1, 0.15) is 297 Å². The van der Waals surface area contributed by atoms with Crippen LogP contribution in [0.3, 0.4) is 0 Å². The first-order valence-electron chi connectivity index (χ1n) is 27.1. The molecule has 0 spiro atoms. The van der Waals surface area contributed by atoms with E-state index in [9.17, 15) is 29.7 Å². The SMILES string of the molecule is CCCCCCCCC=CCCCCCCCC(=O)C(CCCCCCCCCCCCCC)C(=O)C(O)(C(=O)CCCCCCCCCCCCCCCCC)C(O)CO. The summed E-state index contributed by atoms with van der Waals surface area (Å²) in [5.74, 6) is -3.05. The van der Waals surface area contributed by atoms with Crippen LogP contribution in [-0.2, 0) is 14.4 Å². The van der Waals surface area contributed by atoms with Crippen molar-refractivity contribution >= 4 is 17.3 Å². The van der Waals surface area contributed by atoms with Crippen LogP contribution in [0.15, 0.2) is 12.2 Å². The lowest BCUT2D eigenvalue weighted by molar-refractivity contribution is -0.170. The quantitative estimate of drug-likeness (QED) is 0.0319. The summed E-state index contributed by atoms with van der Waals surface area (Å²) in [4.78, 5) is 41.5. The molecule has 0 aromatic heterocycles. The number of carbonyl (C=O) groups is 3. The average molecular weight is 861 g/mol. The Bertz CT molecular complexity index is 1010. The van der Waals surface area contributed by atoms with Crippen molar-refractivity contribution in [2.75, 3.05) is 6.61 Å². The Morgan fingerprint density at radius 1 is 0.426 bits per heavy atom. The van der Waals surface area contributed by atoms with Crippen LogP contribution in [-0.4, -0.2) is 51.0 Å². The van der Waals surface area contributed by atoms with Gasteiger partial charge in [0.1, 0.15) is 11.9 Å². The number of ketones is 3. The third kappa shape index (κ3) is 33.8. The third-order valence-electron chi connectivity index (χ3n) is 13.2. The molecule has 0 radical (unpaired) electrons. The van der Waals surface area contributed by atoms with Gasteiger partial charge in [-0.2, -0.15) is 0 Å². The zero-order valence-corrected chi connectivity index (χ0v) is 41.0. The molecule has 0 aromatic rings. The lowest BCUT2D eigenvalue weighted by Gasteiger charge is -2.32. The van der Waals surface area contributed by atoms with Crippen LogP contribution in [0.25, 0.3) is 0 Å². The van der Waals surface area contributed by atoms with E-state index in [1.807, 2.05) is 0 Å². The van der Waals surface area contributed by atoms with Crippen LogP contribution in [0, 0.1) is 5.92 Å². The summed E-state index contributed by atoms with van der Waals surface area (Å²) >= 11 is 0. The van der Waals surface area contributed by atoms with Gasteiger partial charge in [-0.1, -0.05) is 251 Å². The smallest absolute Gasteiger partial charge is 0.210 e. The van der Waals surface area contributed by atoms with Gasteiger partial charge in [-0.25, -0.2) is 0 Å².